The van der Waals surface area contributed by atoms with Gasteiger partial charge in [-0.15, -0.1) is 6.42 Å². The zero-order chi connectivity index (χ0) is 28.1. The van der Waals surface area contributed by atoms with Gasteiger partial charge in [-0.1, -0.05) is 18.1 Å². The van der Waals surface area contributed by atoms with Crippen LogP contribution in [0.3, 0.4) is 0 Å². The molecule has 1 aliphatic carbocycles. The Morgan fingerprint density at radius 3 is 2.70 bits per heavy atom. The maximum atomic E-state index is 10.8. The van der Waals surface area contributed by atoms with E-state index in [-0.39, 0.29) is 11.2 Å². The van der Waals surface area contributed by atoms with E-state index in [0.717, 1.165) is 66.2 Å². The molecule has 0 unspecified atom stereocenters. The van der Waals surface area contributed by atoms with Crippen molar-refractivity contribution in [3.8, 4) is 35.2 Å². The van der Waals surface area contributed by atoms with Crippen molar-refractivity contribution in [3.63, 3.8) is 0 Å². The number of phenolic OH excluding ortho intramolecular Hbond substituents is 1. The van der Waals surface area contributed by atoms with Crippen LogP contribution in [0.2, 0.25) is 0 Å². The van der Waals surface area contributed by atoms with Gasteiger partial charge in [0, 0.05) is 47.8 Å². The van der Waals surface area contributed by atoms with E-state index in [0.29, 0.717) is 36.0 Å². The molecule has 8 heteroatoms. The number of fused-ring (bicyclic) bond motifs is 2. The average Bonchev–Trinajstić information content (AvgIpc) is 3.68. The highest BCUT2D eigenvalue weighted by atomic mass is 16.5. The molecule has 1 saturated carbocycles. The van der Waals surface area contributed by atoms with Gasteiger partial charge in [0.1, 0.15) is 11.3 Å². The lowest BCUT2D eigenvalue weighted by atomic mass is 9.94. The first-order valence-corrected chi connectivity index (χ1v) is 13.8. The quantitative estimate of drug-likeness (QED) is 0.330. The molecule has 2 N–H and O–H groups in total. The number of benzene rings is 2. The molecule has 2 fully saturated rings. The van der Waals surface area contributed by atoms with Crippen molar-refractivity contribution < 1.29 is 14.9 Å². The molecule has 0 amide bonds. The van der Waals surface area contributed by atoms with Crippen LogP contribution in [0.4, 0.5) is 5.82 Å². The van der Waals surface area contributed by atoms with E-state index >= 15 is 0 Å². The molecule has 6 rings (SSSR count). The van der Waals surface area contributed by atoms with Gasteiger partial charge < -0.3 is 24.7 Å². The number of aliphatic hydroxyl groups is 1. The van der Waals surface area contributed by atoms with Crippen LogP contribution in [-0.2, 0) is 0 Å². The third-order valence-corrected chi connectivity index (χ3v) is 8.02. The topological polar surface area (TPSA) is 94.8 Å². The molecule has 1 aliphatic heterocycles. The standard InChI is InChI=1S/C32H35N5O3/c1-5-21-8-6-9-22-14-24(38)16-25(27(21)22)23-15-26-28(33-17-23)29(37-13-7-10-31(2,39)18-37)35-30(34-26)40-20-32(11-12-32)19-36(3)4/h1,6,8-9,14-17,38-39H,7,10-13,18-20H2,2-4H3/t31-/m1/s1. The van der Waals surface area contributed by atoms with Crippen LogP contribution >= 0.6 is 0 Å². The minimum Gasteiger partial charge on any atom is -0.508 e. The molecule has 4 aromatic rings. The first-order valence-electron chi connectivity index (χ1n) is 13.8. The zero-order valence-corrected chi connectivity index (χ0v) is 23.3. The zero-order valence-electron chi connectivity index (χ0n) is 23.3. The molecule has 1 saturated heterocycles. The fourth-order valence-electron chi connectivity index (χ4n) is 5.99. The molecular weight excluding hydrogens is 502 g/mol. The molecule has 2 aromatic heterocycles. The van der Waals surface area contributed by atoms with Gasteiger partial charge in [0.2, 0.25) is 0 Å². The van der Waals surface area contributed by atoms with Crippen molar-refractivity contribution in [2.24, 2.45) is 5.41 Å². The SMILES string of the molecule is C#Cc1cccc2cc(O)cc(-c3cnc4c(N5CCC[C@@](C)(O)C5)nc(OCC5(CN(C)C)CC5)nc4c3)c12. The summed E-state index contributed by atoms with van der Waals surface area (Å²) in [5.74, 6) is 3.58. The van der Waals surface area contributed by atoms with E-state index in [2.05, 4.69) is 29.8 Å². The van der Waals surface area contributed by atoms with Gasteiger partial charge in [-0.3, -0.25) is 4.98 Å². The third kappa shape index (κ3) is 5.15. The predicted molar refractivity (Wildman–Crippen MR) is 158 cm³/mol. The number of terminal acetylenes is 1. The molecular formula is C32H35N5O3. The molecule has 2 aromatic carbocycles. The third-order valence-electron chi connectivity index (χ3n) is 8.02. The highest BCUT2D eigenvalue weighted by Gasteiger charge is 2.44. The van der Waals surface area contributed by atoms with E-state index < -0.39 is 5.60 Å². The lowest BCUT2D eigenvalue weighted by Crippen LogP contribution is -2.46. The smallest absolute Gasteiger partial charge is 0.319 e. The molecule has 0 radical (unpaired) electrons. The van der Waals surface area contributed by atoms with Crippen molar-refractivity contribution in [3.05, 3.63) is 48.2 Å². The molecule has 2 aliphatic rings. The number of nitrogens with zero attached hydrogens (tertiary/aromatic N) is 5. The molecule has 206 valence electrons. The van der Waals surface area contributed by atoms with Crippen molar-refractivity contribution in [1.82, 2.24) is 19.9 Å². The number of phenols is 1. The number of anilines is 1. The Morgan fingerprint density at radius 1 is 1.15 bits per heavy atom. The van der Waals surface area contributed by atoms with Gasteiger partial charge in [-0.25, -0.2) is 0 Å². The number of rotatable bonds is 7. The summed E-state index contributed by atoms with van der Waals surface area (Å²) in [6.45, 7) is 4.58. The minimum absolute atomic E-state index is 0.128. The highest BCUT2D eigenvalue weighted by Crippen LogP contribution is 2.46. The first kappa shape index (κ1) is 26.3. The lowest BCUT2D eigenvalue weighted by molar-refractivity contribution is 0.0447. The second-order valence-electron chi connectivity index (χ2n) is 12.0. The molecule has 8 nitrogen and oxygen atoms in total. The number of pyridine rings is 1. The monoisotopic (exact) mass is 537 g/mol. The normalized spacial score (nSPS) is 20.1. The Kier molecular flexibility index (Phi) is 6.52. The summed E-state index contributed by atoms with van der Waals surface area (Å²) in [5, 5.41) is 23.1. The Balaban J connectivity index is 1.47. The van der Waals surface area contributed by atoms with Gasteiger partial charge in [-0.05, 0) is 81.9 Å². The van der Waals surface area contributed by atoms with E-state index in [9.17, 15) is 10.2 Å². The highest BCUT2D eigenvalue weighted by molar-refractivity contribution is 6.02. The number of β-amino-alcohol motifs (C(OH)–C–C–N with tert-alkyl or cyclic N) is 1. The van der Waals surface area contributed by atoms with Gasteiger partial charge in [-0.2, -0.15) is 9.97 Å². The van der Waals surface area contributed by atoms with Crippen LogP contribution in [0.1, 0.15) is 38.2 Å². The Hall–Kier alpha value is -3.93. The van der Waals surface area contributed by atoms with Crippen LogP contribution in [0, 0.1) is 17.8 Å². The Bertz CT molecular complexity index is 1640. The van der Waals surface area contributed by atoms with Crippen LogP contribution in [0.25, 0.3) is 32.9 Å². The van der Waals surface area contributed by atoms with E-state index in [1.54, 1.807) is 18.3 Å². The van der Waals surface area contributed by atoms with Crippen LogP contribution < -0.4 is 9.64 Å². The van der Waals surface area contributed by atoms with Gasteiger partial charge in [0.25, 0.3) is 0 Å². The van der Waals surface area contributed by atoms with Crippen molar-refractivity contribution in [1.29, 1.82) is 0 Å². The van der Waals surface area contributed by atoms with Crippen molar-refractivity contribution >= 4 is 27.6 Å². The predicted octanol–water partition coefficient (Wildman–Crippen LogP) is 4.60. The summed E-state index contributed by atoms with van der Waals surface area (Å²) in [5.41, 5.74) is 2.90. The van der Waals surface area contributed by atoms with Crippen LogP contribution in [0.15, 0.2) is 42.6 Å². The number of aromatic hydroxyl groups is 1. The minimum atomic E-state index is -0.813. The summed E-state index contributed by atoms with van der Waals surface area (Å²) in [4.78, 5) is 18.7. The molecule has 0 spiro atoms. The second kappa shape index (κ2) is 9.92. The van der Waals surface area contributed by atoms with E-state index in [1.165, 1.54) is 0 Å². The summed E-state index contributed by atoms with van der Waals surface area (Å²) in [7, 11) is 4.16. The molecule has 40 heavy (non-hydrogen) atoms. The Morgan fingerprint density at radius 2 is 1.98 bits per heavy atom. The van der Waals surface area contributed by atoms with E-state index in [1.807, 2.05) is 31.2 Å². The number of hydrogen-bond acceptors (Lipinski definition) is 8. The molecule has 1 atom stereocenters. The van der Waals surface area contributed by atoms with Crippen molar-refractivity contribution in [2.45, 2.75) is 38.2 Å². The molecule has 3 heterocycles. The maximum absolute atomic E-state index is 10.8. The number of ether oxygens (including phenoxy) is 1. The summed E-state index contributed by atoms with van der Waals surface area (Å²) < 4.78 is 6.26. The second-order valence-corrected chi connectivity index (χ2v) is 12.0. The van der Waals surface area contributed by atoms with E-state index in [4.69, 9.17) is 26.1 Å². The van der Waals surface area contributed by atoms with Crippen LogP contribution in [0.5, 0.6) is 11.8 Å². The maximum Gasteiger partial charge on any atom is 0.319 e. The largest absolute Gasteiger partial charge is 0.508 e. The lowest BCUT2D eigenvalue weighted by Gasteiger charge is -2.37. The fourth-order valence-corrected chi connectivity index (χ4v) is 5.99. The van der Waals surface area contributed by atoms with Gasteiger partial charge in [0.05, 0.1) is 17.7 Å². The summed E-state index contributed by atoms with van der Waals surface area (Å²) >= 11 is 0. The van der Waals surface area contributed by atoms with Gasteiger partial charge in [0.15, 0.2) is 5.82 Å². The van der Waals surface area contributed by atoms with Gasteiger partial charge >= 0.3 is 6.01 Å². The summed E-state index contributed by atoms with van der Waals surface area (Å²) in [6.07, 6.45) is 11.4. The molecule has 0 bridgehead atoms. The first-order chi connectivity index (χ1) is 19.2. The number of hydrogen-bond donors (Lipinski definition) is 2. The Labute approximate surface area is 234 Å². The number of aromatic nitrogens is 3. The van der Waals surface area contributed by atoms with Crippen molar-refractivity contribution in [2.75, 3.05) is 45.2 Å². The average molecular weight is 538 g/mol. The van der Waals surface area contributed by atoms with Crippen LogP contribution in [-0.4, -0.2) is 76.0 Å². The number of piperidine rings is 1. The summed E-state index contributed by atoms with van der Waals surface area (Å²) in [6, 6.07) is 11.4. The fraction of sp³-hybridized carbons (Fsp3) is 0.406.